The van der Waals surface area contributed by atoms with Gasteiger partial charge in [0.25, 0.3) is 0 Å². The van der Waals surface area contributed by atoms with Crippen molar-refractivity contribution in [1.29, 1.82) is 0 Å². The first-order valence-corrected chi connectivity index (χ1v) is 4.07. The second-order valence-corrected chi connectivity index (χ2v) is 3.09. The van der Waals surface area contributed by atoms with Crippen LogP contribution in [-0.4, -0.2) is 22.1 Å². The van der Waals surface area contributed by atoms with Gasteiger partial charge in [0, 0.05) is 7.11 Å². The highest BCUT2D eigenvalue weighted by molar-refractivity contribution is 9.13. The zero-order valence-corrected chi connectivity index (χ0v) is 8.38. The molecule has 6 heteroatoms. The van der Waals surface area contributed by atoms with Crippen molar-refractivity contribution in [2.24, 2.45) is 0 Å². The molecule has 0 aliphatic heterocycles. The lowest BCUT2D eigenvalue weighted by atomic mass is 10.9. The third-order valence-electron chi connectivity index (χ3n) is 0.889. The van der Waals surface area contributed by atoms with Crippen LogP contribution >= 0.6 is 31.9 Å². The first-order valence-electron chi connectivity index (χ1n) is 2.49. The van der Waals surface area contributed by atoms with Crippen LogP contribution in [-0.2, 0) is 11.5 Å². The molecule has 0 unspecified atom stereocenters. The Labute approximate surface area is 74.8 Å². The molecule has 10 heavy (non-hydrogen) atoms. The summed E-state index contributed by atoms with van der Waals surface area (Å²) in [6, 6.07) is 0. The first kappa shape index (κ1) is 8.16. The van der Waals surface area contributed by atoms with Gasteiger partial charge in [-0.2, -0.15) is 0 Å². The molecule has 0 N–H and O–H groups in total. The van der Waals surface area contributed by atoms with Gasteiger partial charge in [-0.05, 0) is 31.9 Å². The maximum absolute atomic E-state index is 4.83. The van der Waals surface area contributed by atoms with Crippen LogP contribution in [0.2, 0.25) is 0 Å². The van der Waals surface area contributed by atoms with Gasteiger partial charge in [0.05, 0.1) is 0 Å². The zero-order chi connectivity index (χ0) is 7.56. The molecule has 0 spiro atoms. The maximum atomic E-state index is 4.83. The van der Waals surface area contributed by atoms with Crippen LogP contribution < -0.4 is 0 Å². The molecule has 0 fully saturated rings. The Morgan fingerprint density at radius 1 is 1.60 bits per heavy atom. The second kappa shape index (κ2) is 3.45. The second-order valence-electron chi connectivity index (χ2n) is 1.59. The van der Waals surface area contributed by atoms with Crippen molar-refractivity contribution in [3.63, 3.8) is 0 Å². The first-order chi connectivity index (χ1) is 4.75. The average Bonchev–Trinajstić information content (AvgIpc) is 2.20. The summed E-state index contributed by atoms with van der Waals surface area (Å²) < 4.78 is 7.89. The van der Waals surface area contributed by atoms with Crippen LogP contribution in [0.5, 0.6) is 0 Å². The van der Waals surface area contributed by atoms with E-state index in [2.05, 4.69) is 42.2 Å². The summed E-state index contributed by atoms with van der Waals surface area (Å²) >= 11 is 6.45. The number of methoxy groups -OCH3 is 1. The summed E-state index contributed by atoms with van der Waals surface area (Å²) in [7, 11) is 1.60. The van der Waals surface area contributed by atoms with E-state index in [1.54, 1.807) is 11.8 Å². The molecule has 0 aromatic carbocycles. The highest BCUT2D eigenvalue weighted by Gasteiger charge is 2.04. The summed E-state index contributed by atoms with van der Waals surface area (Å²) in [5.41, 5.74) is 0. The number of hydrogen-bond donors (Lipinski definition) is 0. The molecule has 1 rings (SSSR count). The highest BCUT2D eigenvalue weighted by Crippen LogP contribution is 2.18. The van der Waals surface area contributed by atoms with Crippen molar-refractivity contribution < 1.29 is 4.74 Å². The molecule has 0 radical (unpaired) electrons. The summed E-state index contributed by atoms with van der Waals surface area (Å²) in [6.07, 6.45) is 0. The van der Waals surface area contributed by atoms with Crippen LogP contribution in [0.1, 0.15) is 0 Å². The Bertz CT molecular complexity index is 224. The summed E-state index contributed by atoms with van der Waals surface area (Å²) in [6.45, 7) is 0.402. The van der Waals surface area contributed by atoms with Crippen LogP contribution in [0.3, 0.4) is 0 Å². The molecule has 0 aliphatic carbocycles. The molecule has 4 nitrogen and oxygen atoms in total. The maximum Gasteiger partial charge on any atom is 0.162 e. The number of ether oxygens (including phenoxy) is 1. The number of aromatic nitrogens is 3. The Balaban J connectivity index is 2.83. The summed E-state index contributed by atoms with van der Waals surface area (Å²) in [5.74, 6) is 0. The summed E-state index contributed by atoms with van der Waals surface area (Å²) in [5, 5.41) is 7.49. The number of halogens is 2. The van der Waals surface area contributed by atoms with Crippen molar-refractivity contribution in [3.05, 3.63) is 9.21 Å². The van der Waals surface area contributed by atoms with Crippen molar-refractivity contribution in [1.82, 2.24) is 15.0 Å². The zero-order valence-electron chi connectivity index (χ0n) is 5.21. The molecule has 1 heterocycles. The van der Waals surface area contributed by atoms with Crippen molar-refractivity contribution in [3.8, 4) is 0 Å². The van der Waals surface area contributed by atoms with Gasteiger partial charge < -0.3 is 4.74 Å². The SMILES string of the molecule is COCn1nnc(Br)c1Br. The molecule has 56 valence electrons. The van der Waals surface area contributed by atoms with Gasteiger partial charge >= 0.3 is 0 Å². The Morgan fingerprint density at radius 3 is 2.70 bits per heavy atom. The van der Waals surface area contributed by atoms with Gasteiger partial charge in [-0.1, -0.05) is 5.21 Å². The highest BCUT2D eigenvalue weighted by atomic mass is 79.9. The predicted octanol–water partition coefficient (Wildman–Crippen LogP) is 1.41. The van der Waals surface area contributed by atoms with E-state index in [0.29, 0.717) is 11.3 Å². The minimum atomic E-state index is 0.402. The lowest BCUT2D eigenvalue weighted by molar-refractivity contribution is 0.117. The molecular formula is C4H5Br2N3O. The molecule has 1 aromatic rings. The third kappa shape index (κ3) is 1.56. The fraction of sp³-hybridized carbons (Fsp3) is 0.500. The van der Waals surface area contributed by atoms with Gasteiger partial charge in [-0.15, -0.1) is 5.10 Å². The van der Waals surface area contributed by atoms with E-state index in [-0.39, 0.29) is 0 Å². The van der Waals surface area contributed by atoms with Gasteiger partial charge in [-0.25, -0.2) is 4.68 Å². The van der Waals surface area contributed by atoms with E-state index in [1.807, 2.05) is 0 Å². The number of nitrogens with zero attached hydrogens (tertiary/aromatic N) is 3. The molecule has 0 amide bonds. The smallest absolute Gasteiger partial charge is 0.162 e. The van der Waals surface area contributed by atoms with Crippen molar-refractivity contribution in [2.75, 3.05) is 7.11 Å². The lowest BCUT2D eigenvalue weighted by Gasteiger charge is -1.96. The van der Waals surface area contributed by atoms with Gasteiger partial charge in [0.15, 0.2) is 4.60 Å². The normalized spacial score (nSPS) is 10.3. The molecule has 0 saturated heterocycles. The van der Waals surface area contributed by atoms with Gasteiger partial charge in [-0.3, -0.25) is 0 Å². The molecule has 0 atom stereocenters. The van der Waals surface area contributed by atoms with E-state index in [4.69, 9.17) is 4.74 Å². The van der Waals surface area contributed by atoms with Crippen LogP contribution in [0.4, 0.5) is 0 Å². The van der Waals surface area contributed by atoms with Gasteiger partial charge in [0.1, 0.15) is 11.3 Å². The summed E-state index contributed by atoms with van der Waals surface area (Å²) in [4.78, 5) is 0. The number of hydrogen-bond acceptors (Lipinski definition) is 3. The van der Waals surface area contributed by atoms with Crippen LogP contribution in [0.25, 0.3) is 0 Å². The lowest BCUT2D eigenvalue weighted by Crippen LogP contribution is -2.01. The monoisotopic (exact) mass is 269 g/mol. The van der Waals surface area contributed by atoms with Crippen molar-refractivity contribution >= 4 is 31.9 Å². The van der Waals surface area contributed by atoms with Crippen LogP contribution in [0.15, 0.2) is 9.21 Å². The Hall–Kier alpha value is 0.0600. The van der Waals surface area contributed by atoms with E-state index in [0.717, 1.165) is 4.60 Å². The third-order valence-corrected chi connectivity index (χ3v) is 2.74. The predicted molar refractivity (Wildman–Crippen MR) is 42.4 cm³/mol. The molecule has 0 aliphatic rings. The van der Waals surface area contributed by atoms with E-state index in [9.17, 15) is 0 Å². The molecular weight excluding hydrogens is 266 g/mol. The van der Waals surface area contributed by atoms with Crippen molar-refractivity contribution in [2.45, 2.75) is 6.73 Å². The van der Waals surface area contributed by atoms with Crippen LogP contribution in [0, 0.1) is 0 Å². The van der Waals surface area contributed by atoms with E-state index < -0.39 is 0 Å². The number of rotatable bonds is 2. The standard InChI is InChI=1S/C4H5Br2N3O/c1-10-2-9-4(6)3(5)7-8-9/h2H2,1H3. The molecule has 1 aromatic heterocycles. The van der Waals surface area contributed by atoms with E-state index in [1.165, 1.54) is 0 Å². The molecule has 0 saturated carbocycles. The topological polar surface area (TPSA) is 39.9 Å². The fourth-order valence-corrected chi connectivity index (χ4v) is 1.01. The quantitative estimate of drug-likeness (QED) is 0.816. The van der Waals surface area contributed by atoms with Gasteiger partial charge in [0.2, 0.25) is 0 Å². The fourth-order valence-electron chi connectivity index (χ4n) is 0.485. The minimum Gasteiger partial charge on any atom is -0.362 e. The minimum absolute atomic E-state index is 0.402. The molecule has 0 bridgehead atoms. The average molecular weight is 271 g/mol. The Morgan fingerprint density at radius 2 is 2.30 bits per heavy atom. The Kier molecular flexibility index (Phi) is 2.82. The van der Waals surface area contributed by atoms with E-state index >= 15 is 0 Å². The largest absolute Gasteiger partial charge is 0.362 e.